The van der Waals surface area contributed by atoms with Crippen molar-refractivity contribution in [2.75, 3.05) is 6.54 Å². The van der Waals surface area contributed by atoms with Crippen molar-refractivity contribution >= 4 is 11.9 Å². The molecule has 0 bridgehead atoms. The van der Waals surface area contributed by atoms with Crippen LogP contribution in [0.4, 0.5) is 0 Å². The molecule has 0 saturated heterocycles. The van der Waals surface area contributed by atoms with Crippen molar-refractivity contribution in [2.45, 2.75) is 39.2 Å². The van der Waals surface area contributed by atoms with E-state index < -0.39 is 12.1 Å². The van der Waals surface area contributed by atoms with Crippen LogP contribution in [0.25, 0.3) is 0 Å². The minimum atomic E-state index is -0.805. The highest BCUT2D eigenvalue weighted by Gasteiger charge is 2.18. The molecule has 0 aromatic heterocycles. The Hall–Kier alpha value is -2.62. The maximum absolute atomic E-state index is 12.1. The lowest BCUT2D eigenvalue weighted by Crippen LogP contribution is -2.37. The summed E-state index contributed by atoms with van der Waals surface area (Å²) in [7, 11) is 0. The lowest BCUT2D eigenvalue weighted by atomic mass is 10.0. The third-order valence-corrected chi connectivity index (χ3v) is 4.10. The van der Waals surface area contributed by atoms with Gasteiger partial charge in [-0.15, -0.1) is 0 Å². The van der Waals surface area contributed by atoms with Gasteiger partial charge in [0.1, 0.15) is 0 Å². The van der Waals surface area contributed by atoms with E-state index >= 15 is 0 Å². The fourth-order valence-corrected chi connectivity index (χ4v) is 2.46. The van der Waals surface area contributed by atoms with Gasteiger partial charge in [-0.25, -0.2) is 0 Å². The summed E-state index contributed by atoms with van der Waals surface area (Å²) in [6.07, 6.45) is -0.640. The average Bonchev–Trinajstić information content (AvgIpc) is 2.62. The summed E-state index contributed by atoms with van der Waals surface area (Å²) in [6.45, 7) is 6.13. The quantitative estimate of drug-likeness (QED) is 0.787. The molecule has 2 aromatic rings. The van der Waals surface area contributed by atoms with Crippen molar-refractivity contribution in [3.05, 3.63) is 71.3 Å². The molecule has 2 aromatic carbocycles. The minimum absolute atomic E-state index is 0.165. The number of hydrogen-bond donors (Lipinski definition) is 1. The van der Waals surface area contributed by atoms with E-state index in [0.717, 1.165) is 16.7 Å². The summed E-state index contributed by atoms with van der Waals surface area (Å²) in [4.78, 5) is 24.1. The monoisotopic (exact) mass is 339 g/mol. The summed E-state index contributed by atoms with van der Waals surface area (Å²) in [6, 6.07) is 17.7. The Balaban J connectivity index is 1.77. The van der Waals surface area contributed by atoms with Gasteiger partial charge in [-0.2, -0.15) is 0 Å². The number of aryl methyl sites for hydroxylation is 1. The van der Waals surface area contributed by atoms with Gasteiger partial charge in [0, 0.05) is 6.54 Å². The van der Waals surface area contributed by atoms with E-state index in [4.69, 9.17) is 4.74 Å². The first-order valence-corrected chi connectivity index (χ1v) is 8.53. The first-order chi connectivity index (χ1) is 12.0. The number of esters is 1. The second-order valence-electron chi connectivity index (χ2n) is 6.35. The highest BCUT2D eigenvalue weighted by molar-refractivity contribution is 5.83. The van der Waals surface area contributed by atoms with Gasteiger partial charge < -0.3 is 10.1 Å². The molecule has 0 fully saturated rings. The standard InChI is InChI=1S/C21H25NO3/c1-15-9-11-18(12-10-15)13-20(23)25-17(3)21(24)22-14-16(2)19-7-5-4-6-8-19/h4-12,16-17H,13-14H2,1-3H3,(H,22,24)/t16-,17-/m1/s1. The van der Waals surface area contributed by atoms with Crippen molar-refractivity contribution in [1.82, 2.24) is 5.32 Å². The van der Waals surface area contributed by atoms with Crippen LogP contribution in [0.2, 0.25) is 0 Å². The van der Waals surface area contributed by atoms with Crippen molar-refractivity contribution in [3.8, 4) is 0 Å². The number of carbonyl (C=O) groups is 2. The number of benzene rings is 2. The Bertz CT molecular complexity index is 695. The van der Waals surface area contributed by atoms with Gasteiger partial charge >= 0.3 is 5.97 Å². The predicted molar refractivity (Wildman–Crippen MR) is 98.3 cm³/mol. The van der Waals surface area contributed by atoms with Crippen LogP contribution in [0.5, 0.6) is 0 Å². The second-order valence-corrected chi connectivity index (χ2v) is 6.35. The molecule has 0 saturated carbocycles. The molecule has 4 heteroatoms. The van der Waals surface area contributed by atoms with Crippen molar-refractivity contribution in [1.29, 1.82) is 0 Å². The first-order valence-electron chi connectivity index (χ1n) is 8.53. The maximum atomic E-state index is 12.1. The molecule has 132 valence electrons. The lowest BCUT2D eigenvalue weighted by molar-refractivity contribution is -0.154. The van der Waals surface area contributed by atoms with Crippen LogP contribution in [0, 0.1) is 6.92 Å². The van der Waals surface area contributed by atoms with Gasteiger partial charge in [0.05, 0.1) is 6.42 Å². The molecule has 0 aliphatic heterocycles. The first kappa shape index (κ1) is 18.7. The Morgan fingerprint density at radius 3 is 2.28 bits per heavy atom. The number of hydrogen-bond acceptors (Lipinski definition) is 3. The molecule has 1 amide bonds. The number of ether oxygens (including phenoxy) is 1. The Morgan fingerprint density at radius 2 is 1.64 bits per heavy atom. The molecule has 0 heterocycles. The van der Waals surface area contributed by atoms with Gasteiger partial charge in [0.25, 0.3) is 5.91 Å². The Labute approximate surface area is 149 Å². The van der Waals surface area contributed by atoms with Crippen molar-refractivity contribution < 1.29 is 14.3 Å². The topological polar surface area (TPSA) is 55.4 Å². The van der Waals surface area contributed by atoms with Crippen LogP contribution in [0.3, 0.4) is 0 Å². The molecule has 2 atom stereocenters. The second kappa shape index (κ2) is 9.02. The summed E-state index contributed by atoms with van der Waals surface area (Å²) in [5.74, 6) is -0.483. The molecule has 0 radical (unpaired) electrons. The van der Waals surface area contributed by atoms with Crippen LogP contribution in [-0.2, 0) is 20.7 Å². The van der Waals surface area contributed by atoms with E-state index in [1.807, 2.05) is 68.4 Å². The number of rotatable bonds is 7. The Kier molecular flexibility index (Phi) is 6.75. The molecule has 25 heavy (non-hydrogen) atoms. The Morgan fingerprint density at radius 1 is 1.00 bits per heavy atom. The van der Waals surface area contributed by atoms with Crippen LogP contribution in [-0.4, -0.2) is 24.5 Å². The summed E-state index contributed by atoms with van der Waals surface area (Å²) in [5, 5.41) is 2.84. The maximum Gasteiger partial charge on any atom is 0.311 e. The molecule has 0 unspecified atom stereocenters. The van der Waals surface area contributed by atoms with Gasteiger partial charge in [0.2, 0.25) is 0 Å². The minimum Gasteiger partial charge on any atom is -0.452 e. The molecule has 4 nitrogen and oxygen atoms in total. The zero-order valence-electron chi connectivity index (χ0n) is 15.0. The number of amides is 1. The SMILES string of the molecule is Cc1ccc(CC(=O)O[C@H](C)C(=O)NC[C@@H](C)c2ccccc2)cc1. The summed E-state index contributed by atoms with van der Waals surface area (Å²) in [5.41, 5.74) is 3.17. The smallest absolute Gasteiger partial charge is 0.311 e. The largest absolute Gasteiger partial charge is 0.452 e. The van der Waals surface area contributed by atoms with E-state index in [-0.39, 0.29) is 18.2 Å². The van der Waals surface area contributed by atoms with E-state index in [9.17, 15) is 9.59 Å². The van der Waals surface area contributed by atoms with E-state index in [2.05, 4.69) is 5.32 Å². The van der Waals surface area contributed by atoms with E-state index in [1.165, 1.54) is 0 Å². The van der Waals surface area contributed by atoms with Crippen LogP contribution in [0.15, 0.2) is 54.6 Å². The number of nitrogens with one attached hydrogen (secondary N) is 1. The zero-order valence-corrected chi connectivity index (χ0v) is 15.0. The van der Waals surface area contributed by atoms with E-state index in [1.54, 1.807) is 6.92 Å². The van der Waals surface area contributed by atoms with Crippen LogP contribution < -0.4 is 5.32 Å². The van der Waals surface area contributed by atoms with Crippen LogP contribution >= 0.6 is 0 Å². The van der Waals surface area contributed by atoms with Crippen LogP contribution in [0.1, 0.15) is 36.5 Å². The molecule has 0 aliphatic carbocycles. The molecule has 1 N–H and O–H groups in total. The normalized spacial score (nSPS) is 12.9. The summed E-state index contributed by atoms with van der Waals surface area (Å²) < 4.78 is 5.23. The highest BCUT2D eigenvalue weighted by Crippen LogP contribution is 2.13. The fraction of sp³-hybridized carbons (Fsp3) is 0.333. The molecule has 0 aliphatic rings. The van der Waals surface area contributed by atoms with Gasteiger partial charge in [-0.05, 0) is 30.9 Å². The molecule has 0 spiro atoms. The highest BCUT2D eigenvalue weighted by atomic mass is 16.5. The summed E-state index contributed by atoms with van der Waals surface area (Å²) >= 11 is 0. The average molecular weight is 339 g/mol. The fourth-order valence-electron chi connectivity index (χ4n) is 2.46. The van der Waals surface area contributed by atoms with Gasteiger partial charge in [0.15, 0.2) is 6.10 Å². The predicted octanol–water partition coefficient (Wildman–Crippen LogP) is 3.39. The van der Waals surface area contributed by atoms with E-state index in [0.29, 0.717) is 6.54 Å². The molecule has 2 rings (SSSR count). The lowest BCUT2D eigenvalue weighted by Gasteiger charge is -2.16. The van der Waals surface area contributed by atoms with Gasteiger partial charge in [-0.3, -0.25) is 9.59 Å². The number of carbonyl (C=O) groups excluding carboxylic acids is 2. The molecular weight excluding hydrogens is 314 g/mol. The third kappa shape index (κ3) is 6.07. The zero-order chi connectivity index (χ0) is 18.2. The molecular formula is C21H25NO3. The van der Waals surface area contributed by atoms with Gasteiger partial charge in [-0.1, -0.05) is 67.1 Å². The van der Waals surface area contributed by atoms with Crippen molar-refractivity contribution in [2.24, 2.45) is 0 Å². The van der Waals surface area contributed by atoms with Crippen molar-refractivity contribution in [3.63, 3.8) is 0 Å². The third-order valence-electron chi connectivity index (χ3n) is 4.10.